The minimum atomic E-state index is -0.0767. The van der Waals surface area contributed by atoms with Crippen LogP contribution in [0.1, 0.15) is 68.9 Å². The highest BCUT2D eigenvalue weighted by molar-refractivity contribution is 5.40. The molecule has 2 N–H and O–H groups in total. The summed E-state index contributed by atoms with van der Waals surface area (Å²) >= 11 is 0. The number of aryl methyl sites for hydroxylation is 1. The molecule has 5 aliphatic carbocycles. The number of hydrogen-bond donors (Lipinski definition) is 2. The molecule has 0 amide bonds. The van der Waals surface area contributed by atoms with E-state index < -0.39 is 0 Å². The summed E-state index contributed by atoms with van der Waals surface area (Å²) in [5, 5.41) is 20.9. The van der Waals surface area contributed by atoms with E-state index in [0.29, 0.717) is 23.0 Å². The fourth-order valence-electron chi connectivity index (χ4n) is 7.42. The number of phenols is 1. The molecular formula is C21H28O2. The van der Waals surface area contributed by atoms with Gasteiger partial charge in [0.05, 0.1) is 6.10 Å². The molecule has 5 aliphatic rings. The molecule has 1 aromatic rings. The number of hydrogen-bond acceptors (Lipinski definition) is 2. The van der Waals surface area contributed by atoms with Gasteiger partial charge >= 0.3 is 0 Å². The fourth-order valence-corrected chi connectivity index (χ4v) is 7.42. The van der Waals surface area contributed by atoms with Crippen molar-refractivity contribution in [3.63, 3.8) is 0 Å². The molecule has 23 heavy (non-hydrogen) atoms. The first-order valence-electron chi connectivity index (χ1n) is 9.55. The maximum absolute atomic E-state index is 11.0. The number of aliphatic hydroxyl groups excluding tert-OH is 1. The average Bonchev–Trinajstić information content (AvgIpc) is 2.57. The van der Waals surface area contributed by atoms with E-state index in [2.05, 4.69) is 13.0 Å². The van der Waals surface area contributed by atoms with Gasteiger partial charge in [-0.15, -0.1) is 0 Å². The van der Waals surface area contributed by atoms with Gasteiger partial charge in [-0.1, -0.05) is 13.0 Å². The summed E-state index contributed by atoms with van der Waals surface area (Å²) in [5.41, 5.74) is 3.37. The summed E-state index contributed by atoms with van der Waals surface area (Å²) in [6, 6.07) is 6.05. The monoisotopic (exact) mass is 312 g/mol. The molecular weight excluding hydrogens is 284 g/mol. The molecule has 4 atom stereocenters. The Morgan fingerprint density at radius 1 is 1.04 bits per heavy atom. The lowest BCUT2D eigenvalue weighted by molar-refractivity contribution is -0.223. The molecule has 0 radical (unpaired) electrons. The van der Waals surface area contributed by atoms with Crippen molar-refractivity contribution in [1.29, 1.82) is 0 Å². The summed E-state index contributed by atoms with van der Waals surface area (Å²) in [6.07, 6.45) is 9.80. The van der Waals surface area contributed by atoms with Crippen LogP contribution in [0.25, 0.3) is 0 Å². The van der Waals surface area contributed by atoms with Crippen molar-refractivity contribution in [3.8, 4) is 5.75 Å². The Morgan fingerprint density at radius 2 is 1.83 bits per heavy atom. The van der Waals surface area contributed by atoms with Gasteiger partial charge in [0.2, 0.25) is 0 Å². The van der Waals surface area contributed by atoms with Crippen LogP contribution in [-0.4, -0.2) is 16.3 Å². The Balaban J connectivity index is 1.61. The van der Waals surface area contributed by atoms with Crippen molar-refractivity contribution in [1.82, 2.24) is 0 Å². The fraction of sp³-hybridized carbons (Fsp3) is 0.714. The van der Waals surface area contributed by atoms with Crippen LogP contribution >= 0.6 is 0 Å². The van der Waals surface area contributed by atoms with E-state index in [1.807, 2.05) is 12.1 Å². The molecule has 0 aliphatic heterocycles. The molecule has 4 fully saturated rings. The van der Waals surface area contributed by atoms with Crippen molar-refractivity contribution in [2.75, 3.05) is 0 Å². The van der Waals surface area contributed by atoms with E-state index in [9.17, 15) is 10.2 Å². The molecule has 2 heteroatoms. The zero-order valence-corrected chi connectivity index (χ0v) is 14.1. The predicted molar refractivity (Wildman–Crippen MR) is 90.4 cm³/mol. The van der Waals surface area contributed by atoms with Crippen molar-refractivity contribution in [2.24, 2.45) is 22.7 Å². The number of phenolic OH excluding ortho intramolecular Hbond substituents is 1. The summed E-state index contributed by atoms with van der Waals surface area (Å²) in [5.74, 6) is 2.35. The Labute approximate surface area is 138 Å². The largest absolute Gasteiger partial charge is 0.508 e. The normalized spacial score (nSPS) is 47.6. The van der Waals surface area contributed by atoms with E-state index in [1.165, 1.54) is 56.1 Å². The second-order valence-electron chi connectivity index (χ2n) is 9.03. The summed E-state index contributed by atoms with van der Waals surface area (Å²) < 4.78 is 0. The number of aliphatic hydroxyl groups is 1. The van der Waals surface area contributed by atoms with E-state index in [-0.39, 0.29) is 11.5 Å². The van der Waals surface area contributed by atoms with E-state index >= 15 is 0 Å². The highest BCUT2D eigenvalue weighted by Crippen LogP contribution is 2.72. The van der Waals surface area contributed by atoms with Gasteiger partial charge in [-0.3, -0.25) is 0 Å². The van der Waals surface area contributed by atoms with Crippen molar-refractivity contribution >= 4 is 0 Å². The third-order valence-electron chi connectivity index (χ3n) is 8.58. The second-order valence-corrected chi connectivity index (χ2v) is 9.03. The highest BCUT2D eigenvalue weighted by Gasteiger charge is 2.66. The Morgan fingerprint density at radius 3 is 2.61 bits per heavy atom. The van der Waals surface area contributed by atoms with Crippen molar-refractivity contribution < 1.29 is 10.2 Å². The zero-order chi connectivity index (χ0) is 15.8. The van der Waals surface area contributed by atoms with Crippen molar-refractivity contribution in [3.05, 3.63) is 29.3 Å². The van der Waals surface area contributed by atoms with Crippen LogP contribution in [0.4, 0.5) is 0 Å². The second kappa shape index (κ2) is 4.53. The highest BCUT2D eigenvalue weighted by atomic mass is 16.3. The first kappa shape index (κ1) is 14.3. The lowest BCUT2D eigenvalue weighted by atomic mass is 9.36. The maximum Gasteiger partial charge on any atom is 0.115 e. The van der Waals surface area contributed by atoms with Gasteiger partial charge in [0.25, 0.3) is 0 Å². The number of rotatable bonds is 0. The van der Waals surface area contributed by atoms with Crippen LogP contribution in [-0.2, 0) is 6.42 Å². The number of aromatic hydroxyl groups is 1. The minimum absolute atomic E-state index is 0.0767. The molecule has 124 valence electrons. The topological polar surface area (TPSA) is 40.5 Å². The van der Waals surface area contributed by atoms with Crippen LogP contribution < -0.4 is 0 Å². The first-order valence-corrected chi connectivity index (χ1v) is 9.55. The summed E-state index contributed by atoms with van der Waals surface area (Å²) in [7, 11) is 0. The molecule has 6 rings (SSSR count). The van der Waals surface area contributed by atoms with E-state index in [1.54, 1.807) is 0 Å². The molecule has 4 saturated carbocycles. The Hall–Kier alpha value is -1.02. The summed E-state index contributed by atoms with van der Waals surface area (Å²) in [4.78, 5) is 0. The molecule has 1 spiro atoms. The van der Waals surface area contributed by atoms with Crippen LogP contribution in [0.5, 0.6) is 5.75 Å². The average molecular weight is 312 g/mol. The predicted octanol–water partition coefficient (Wildman–Crippen LogP) is 4.39. The molecule has 0 saturated heterocycles. The standard InChI is InChI=1S/C21H28O2/c1-20-9-8-17-16-4-3-15(22)12-14(16)2-5-18(17)21(20)10-6-13(7-11-21)19(20)23/h3-4,12-13,17-19,22-23H,2,5-11H2,1H3/t13?,17-,18-,19+,20-,21?/m1/s1. The molecule has 2 bridgehead atoms. The first-order chi connectivity index (χ1) is 11.1. The van der Waals surface area contributed by atoms with Crippen LogP contribution in [0.3, 0.4) is 0 Å². The minimum Gasteiger partial charge on any atom is -0.508 e. The molecule has 0 unspecified atom stereocenters. The maximum atomic E-state index is 11.0. The third kappa shape index (κ3) is 1.64. The Kier molecular flexibility index (Phi) is 2.83. The Bertz CT molecular complexity index is 643. The number of fused-ring (bicyclic) bond motifs is 5. The van der Waals surface area contributed by atoms with Crippen LogP contribution in [0.15, 0.2) is 18.2 Å². The third-order valence-corrected chi connectivity index (χ3v) is 8.58. The zero-order valence-electron chi connectivity index (χ0n) is 14.1. The van der Waals surface area contributed by atoms with Crippen LogP contribution in [0, 0.1) is 22.7 Å². The molecule has 0 heterocycles. The number of benzene rings is 1. The quantitative estimate of drug-likeness (QED) is 0.746. The lowest BCUT2D eigenvalue weighted by Crippen LogP contribution is -2.64. The molecule has 0 aromatic heterocycles. The lowest BCUT2D eigenvalue weighted by Gasteiger charge is -2.69. The summed E-state index contributed by atoms with van der Waals surface area (Å²) in [6.45, 7) is 2.41. The van der Waals surface area contributed by atoms with Gasteiger partial charge in [-0.2, -0.15) is 0 Å². The van der Waals surface area contributed by atoms with Gasteiger partial charge in [0.15, 0.2) is 0 Å². The van der Waals surface area contributed by atoms with Gasteiger partial charge in [0.1, 0.15) is 5.75 Å². The van der Waals surface area contributed by atoms with Gasteiger partial charge in [-0.25, -0.2) is 0 Å². The van der Waals surface area contributed by atoms with Gasteiger partial charge in [0, 0.05) is 0 Å². The molecule has 2 nitrogen and oxygen atoms in total. The van der Waals surface area contributed by atoms with Gasteiger partial charge in [-0.05, 0) is 103 Å². The van der Waals surface area contributed by atoms with E-state index in [0.717, 1.165) is 12.3 Å². The van der Waals surface area contributed by atoms with Crippen LogP contribution in [0.2, 0.25) is 0 Å². The van der Waals surface area contributed by atoms with E-state index in [4.69, 9.17) is 0 Å². The smallest absolute Gasteiger partial charge is 0.115 e. The van der Waals surface area contributed by atoms with Gasteiger partial charge < -0.3 is 10.2 Å². The molecule has 1 aromatic carbocycles. The SMILES string of the molecule is C[C@]12CC[C@@H]3c4ccc(O)cc4CC[C@H]3C13CCC(CC3)[C@@H]2O. The van der Waals surface area contributed by atoms with Crippen molar-refractivity contribution in [2.45, 2.75) is 70.3 Å².